The van der Waals surface area contributed by atoms with Crippen LogP contribution in [0.15, 0.2) is 99.1 Å². The Kier molecular flexibility index (Phi) is 5.59. The molecule has 6 rings (SSSR count). The van der Waals surface area contributed by atoms with Crippen LogP contribution in [-0.2, 0) is 10.0 Å². The number of phenols is 1. The molecular formula is C27H16N2O5S3. The number of nitrogens with zero attached hydrogens (tertiary/aromatic N) is 1. The number of aromatic hydroxyl groups is 1. The first kappa shape index (κ1) is 23.4. The Hall–Kier alpha value is -3.99. The second-order valence-corrected chi connectivity index (χ2v) is 12.3. The van der Waals surface area contributed by atoms with Crippen LogP contribution in [0.25, 0.3) is 10.2 Å². The van der Waals surface area contributed by atoms with E-state index in [1.807, 2.05) is 24.3 Å². The number of hydrogen-bond donors (Lipinski definition) is 2. The van der Waals surface area contributed by atoms with Gasteiger partial charge in [-0.05, 0) is 48.5 Å². The molecule has 1 aromatic heterocycles. The molecule has 182 valence electrons. The molecule has 0 radical (unpaired) electrons. The Morgan fingerprint density at radius 2 is 1.46 bits per heavy atom. The molecule has 0 aliphatic heterocycles. The number of ketones is 2. The zero-order chi connectivity index (χ0) is 25.7. The third kappa shape index (κ3) is 4.18. The summed E-state index contributed by atoms with van der Waals surface area (Å²) in [7, 11) is -4.11. The minimum Gasteiger partial charge on any atom is -0.507 e. The van der Waals surface area contributed by atoms with Gasteiger partial charge in [0.05, 0.1) is 25.7 Å². The maximum Gasteiger partial charge on any atom is 0.261 e. The second kappa shape index (κ2) is 8.84. The van der Waals surface area contributed by atoms with Crippen molar-refractivity contribution in [3.05, 3.63) is 107 Å². The van der Waals surface area contributed by atoms with Gasteiger partial charge in [-0.3, -0.25) is 14.3 Å². The number of carbonyl (C=O) groups is 2. The van der Waals surface area contributed by atoms with E-state index in [1.54, 1.807) is 24.3 Å². The van der Waals surface area contributed by atoms with Crippen molar-refractivity contribution in [1.82, 2.24) is 4.98 Å². The SMILES string of the molecule is O=C1c2ccccc2C(=O)c2cc(S(=O)(=O)Nc3ccc(O)c(Sc4nc5ccccc5s4)c3)ccc21. The predicted octanol–water partition coefficient (Wildman–Crippen LogP) is 5.73. The molecule has 4 aromatic carbocycles. The largest absolute Gasteiger partial charge is 0.507 e. The van der Waals surface area contributed by atoms with E-state index in [2.05, 4.69) is 9.71 Å². The summed E-state index contributed by atoms with van der Waals surface area (Å²) in [5, 5.41) is 10.4. The molecule has 5 aromatic rings. The maximum absolute atomic E-state index is 13.2. The topological polar surface area (TPSA) is 113 Å². The number of anilines is 1. The Bertz CT molecular complexity index is 1830. The van der Waals surface area contributed by atoms with E-state index in [1.165, 1.54) is 59.5 Å². The molecule has 1 aliphatic rings. The van der Waals surface area contributed by atoms with Gasteiger partial charge in [-0.2, -0.15) is 0 Å². The lowest BCUT2D eigenvalue weighted by molar-refractivity contribution is 0.0979. The lowest BCUT2D eigenvalue weighted by Crippen LogP contribution is -2.22. The summed E-state index contributed by atoms with van der Waals surface area (Å²) in [5.41, 5.74) is 1.83. The van der Waals surface area contributed by atoms with Crippen LogP contribution in [0.2, 0.25) is 0 Å². The van der Waals surface area contributed by atoms with Crippen molar-refractivity contribution >= 4 is 60.6 Å². The van der Waals surface area contributed by atoms with Crippen LogP contribution in [0.5, 0.6) is 5.75 Å². The lowest BCUT2D eigenvalue weighted by Gasteiger charge is -2.18. The molecule has 1 heterocycles. The van der Waals surface area contributed by atoms with E-state index in [0.717, 1.165) is 10.2 Å². The van der Waals surface area contributed by atoms with Crippen molar-refractivity contribution in [2.45, 2.75) is 14.1 Å². The van der Waals surface area contributed by atoms with E-state index < -0.39 is 15.8 Å². The smallest absolute Gasteiger partial charge is 0.261 e. The fraction of sp³-hybridized carbons (Fsp3) is 0. The summed E-state index contributed by atoms with van der Waals surface area (Å²) >= 11 is 2.70. The number of carbonyl (C=O) groups excluding carboxylic acids is 2. The van der Waals surface area contributed by atoms with Gasteiger partial charge in [0.15, 0.2) is 15.9 Å². The molecule has 0 unspecified atom stereocenters. The number of thiazole rings is 1. The number of rotatable bonds is 5. The van der Waals surface area contributed by atoms with Crippen LogP contribution in [-0.4, -0.2) is 30.1 Å². The molecule has 37 heavy (non-hydrogen) atoms. The highest BCUT2D eigenvalue weighted by Crippen LogP contribution is 2.40. The summed E-state index contributed by atoms with van der Waals surface area (Å²) in [6, 6.07) is 22.4. The van der Waals surface area contributed by atoms with Crippen molar-refractivity contribution in [1.29, 1.82) is 0 Å². The first-order valence-electron chi connectivity index (χ1n) is 11.0. The van der Waals surface area contributed by atoms with Crippen molar-refractivity contribution in [2.75, 3.05) is 4.72 Å². The van der Waals surface area contributed by atoms with Crippen molar-refractivity contribution in [3.8, 4) is 5.75 Å². The van der Waals surface area contributed by atoms with Crippen LogP contribution >= 0.6 is 23.1 Å². The Balaban J connectivity index is 1.30. The fourth-order valence-corrected chi connectivity index (χ4v) is 7.28. The molecule has 0 saturated carbocycles. The normalized spacial score (nSPS) is 12.9. The minimum absolute atomic E-state index is 0.0104. The number of sulfonamides is 1. The highest BCUT2D eigenvalue weighted by atomic mass is 32.2. The highest BCUT2D eigenvalue weighted by Gasteiger charge is 2.31. The average Bonchev–Trinajstić information content (AvgIpc) is 3.31. The van der Waals surface area contributed by atoms with E-state index in [4.69, 9.17) is 0 Å². The van der Waals surface area contributed by atoms with Gasteiger partial charge in [0.2, 0.25) is 0 Å². The van der Waals surface area contributed by atoms with Crippen LogP contribution in [0.1, 0.15) is 31.8 Å². The maximum atomic E-state index is 13.2. The molecule has 0 atom stereocenters. The van der Waals surface area contributed by atoms with Crippen LogP contribution in [0.4, 0.5) is 5.69 Å². The van der Waals surface area contributed by atoms with Crippen molar-refractivity contribution in [2.24, 2.45) is 0 Å². The monoisotopic (exact) mass is 544 g/mol. The van der Waals surface area contributed by atoms with E-state index in [-0.39, 0.29) is 38.8 Å². The zero-order valence-corrected chi connectivity index (χ0v) is 21.3. The fourth-order valence-electron chi connectivity index (χ4n) is 4.11. The predicted molar refractivity (Wildman–Crippen MR) is 142 cm³/mol. The Labute approximate surface area is 219 Å². The number of nitrogens with one attached hydrogen (secondary N) is 1. The van der Waals surface area contributed by atoms with Crippen LogP contribution < -0.4 is 4.72 Å². The number of hydrogen-bond acceptors (Lipinski definition) is 8. The first-order valence-corrected chi connectivity index (χ1v) is 14.1. The minimum atomic E-state index is -4.11. The van der Waals surface area contributed by atoms with Crippen molar-refractivity contribution in [3.63, 3.8) is 0 Å². The molecule has 0 bridgehead atoms. The van der Waals surface area contributed by atoms with Gasteiger partial charge < -0.3 is 5.11 Å². The van der Waals surface area contributed by atoms with Gasteiger partial charge in [-0.25, -0.2) is 13.4 Å². The van der Waals surface area contributed by atoms with Crippen LogP contribution in [0.3, 0.4) is 0 Å². The molecule has 7 nitrogen and oxygen atoms in total. The Morgan fingerprint density at radius 1 is 0.784 bits per heavy atom. The van der Waals surface area contributed by atoms with Gasteiger partial charge in [-0.1, -0.05) is 48.2 Å². The highest BCUT2D eigenvalue weighted by molar-refractivity contribution is 8.01. The number of phenolic OH excluding ortho intramolecular Hbond substituents is 1. The lowest BCUT2D eigenvalue weighted by atomic mass is 9.84. The van der Waals surface area contributed by atoms with E-state index in [9.17, 15) is 23.1 Å². The van der Waals surface area contributed by atoms with Gasteiger partial charge in [0, 0.05) is 22.3 Å². The molecule has 0 fully saturated rings. The van der Waals surface area contributed by atoms with Crippen molar-refractivity contribution < 1.29 is 23.1 Å². The molecule has 0 spiro atoms. The third-order valence-corrected chi connectivity index (χ3v) is 9.41. The Morgan fingerprint density at radius 3 is 2.22 bits per heavy atom. The van der Waals surface area contributed by atoms with Gasteiger partial charge in [0.1, 0.15) is 5.75 Å². The van der Waals surface area contributed by atoms with Gasteiger partial charge in [0.25, 0.3) is 10.0 Å². The number of fused-ring (bicyclic) bond motifs is 3. The van der Waals surface area contributed by atoms with Gasteiger partial charge >= 0.3 is 0 Å². The molecular weight excluding hydrogens is 529 g/mol. The van der Waals surface area contributed by atoms with Crippen LogP contribution in [0, 0.1) is 0 Å². The van der Waals surface area contributed by atoms with E-state index >= 15 is 0 Å². The zero-order valence-electron chi connectivity index (χ0n) is 18.8. The molecule has 0 amide bonds. The third-order valence-electron chi connectivity index (χ3n) is 5.89. The molecule has 2 N–H and O–H groups in total. The molecule has 10 heteroatoms. The average molecular weight is 545 g/mol. The number of aromatic nitrogens is 1. The summed E-state index contributed by atoms with van der Waals surface area (Å²) < 4.78 is 30.6. The standard InChI is InChI=1S/C27H16N2O5S3/c30-22-12-9-15(13-24(22)36-27-28-21-7-3-4-8-23(21)35-27)29-37(33,34)16-10-11-19-20(14-16)26(32)18-6-2-1-5-17(18)25(19)31/h1-14,29-30H. The first-order chi connectivity index (χ1) is 17.8. The number of benzene rings is 4. The number of para-hydroxylation sites is 1. The molecule has 0 saturated heterocycles. The van der Waals surface area contributed by atoms with Gasteiger partial charge in [-0.15, -0.1) is 11.3 Å². The summed E-state index contributed by atoms with van der Waals surface area (Å²) in [6.07, 6.45) is 0. The summed E-state index contributed by atoms with van der Waals surface area (Å²) in [6.45, 7) is 0. The quantitative estimate of drug-likeness (QED) is 0.267. The summed E-state index contributed by atoms with van der Waals surface area (Å²) in [4.78, 5) is 30.7. The second-order valence-electron chi connectivity index (χ2n) is 8.25. The molecule has 1 aliphatic carbocycles. The summed E-state index contributed by atoms with van der Waals surface area (Å²) in [5.74, 6) is -0.734. The van der Waals surface area contributed by atoms with E-state index in [0.29, 0.717) is 14.8 Å².